The second-order valence-corrected chi connectivity index (χ2v) is 7.08. The molecule has 3 saturated heterocycles. The third-order valence-electron chi connectivity index (χ3n) is 5.18. The molecule has 13 heteroatoms. The molecule has 164 valence electrons. The molecular formula is C15H28N2O11. The van der Waals surface area contributed by atoms with Gasteiger partial charge in [-0.3, -0.25) is 0 Å². The fourth-order valence-electron chi connectivity index (χ4n) is 3.45. The number of aliphatic hydroxyl groups is 6. The Balaban J connectivity index is 1.59. The van der Waals surface area contributed by atoms with Gasteiger partial charge in [-0.25, -0.2) is 0 Å². The van der Waals surface area contributed by atoms with Crippen molar-refractivity contribution < 1.29 is 54.3 Å². The van der Waals surface area contributed by atoms with E-state index in [1.807, 2.05) is 0 Å². The van der Waals surface area contributed by atoms with Crippen molar-refractivity contribution in [3.05, 3.63) is 0 Å². The van der Waals surface area contributed by atoms with Crippen LogP contribution >= 0.6 is 0 Å². The minimum Gasteiger partial charge on any atom is -0.394 e. The van der Waals surface area contributed by atoms with Gasteiger partial charge in [-0.05, 0) is 0 Å². The highest BCUT2D eigenvalue weighted by Gasteiger charge is 2.50. The maximum atomic E-state index is 10.1. The van der Waals surface area contributed by atoms with E-state index in [1.54, 1.807) is 0 Å². The first-order valence-electron chi connectivity index (χ1n) is 8.97. The molecule has 0 unspecified atom stereocenters. The molecule has 3 fully saturated rings. The average Bonchev–Trinajstić information content (AvgIpc) is 3.23. The predicted octanol–water partition coefficient (Wildman–Crippen LogP) is -5.72. The Morgan fingerprint density at radius 1 is 0.714 bits per heavy atom. The van der Waals surface area contributed by atoms with E-state index in [0.29, 0.717) is 0 Å². The van der Waals surface area contributed by atoms with Crippen LogP contribution in [0.1, 0.15) is 0 Å². The fraction of sp³-hybridized carbons (Fsp3) is 1.00. The van der Waals surface area contributed by atoms with Crippen molar-refractivity contribution in [1.82, 2.24) is 0 Å². The molecule has 3 rings (SSSR count). The van der Waals surface area contributed by atoms with Gasteiger partial charge in [-0.2, -0.15) is 0 Å². The van der Waals surface area contributed by atoms with Crippen LogP contribution < -0.4 is 11.5 Å². The molecule has 10 N–H and O–H groups in total. The molecule has 0 radical (unpaired) electrons. The molecule has 0 bridgehead atoms. The molecule has 0 aromatic rings. The van der Waals surface area contributed by atoms with E-state index in [0.717, 1.165) is 0 Å². The van der Waals surface area contributed by atoms with Crippen molar-refractivity contribution >= 4 is 0 Å². The third-order valence-corrected chi connectivity index (χ3v) is 5.18. The Hall–Kier alpha value is -0.520. The molecule has 0 spiro atoms. The molecule has 13 nitrogen and oxygen atoms in total. The highest BCUT2D eigenvalue weighted by Crippen LogP contribution is 2.30. The molecule has 3 aliphatic rings. The quantitative estimate of drug-likeness (QED) is 0.196. The van der Waals surface area contributed by atoms with Crippen molar-refractivity contribution in [1.29, 1.82) is 0 Å². The lowest BCUT2D eigenvalue weighted by Crippen LogP contribution is -2.47. The lowest BCUT2D eigenvalue weighted by atomic mass is 10.1. The summed E-state index contributed by atoms with van der Waals surface area (Å²) in [5.74, 6) is 0. The van der Waals surface area contributed by atoms with E-state index in [1.165, 1.54) is 0 Å². The van der Waals surface area contributed by atoms with Gasteiger partial charge in [0.1, 0.15) is 42.7 Å². The van der Waals surface area contributed by atoms with Gasteiger partial charge in [0.25, 0.3) is 0 Å². The second-order valence-electron chi connectivity index (χ2n) is 7.08. The Bertz CT molecular complexity index is 516. The topological polar surface area (TPSA) is 220 Å². The summed E-state index contributed by atoms with van der Waals surface area (Å²) in [5, 5.41) is 58.0. The van der Waals surface area contributed by atoms with Crippen molar-refractivity contribution in [3.8, 4) is 0 Å². The van der Waals surface area contributed by atoms with Gasteiger partial charge in [0.15, 0.2) is 18.9 Å². The van der Waals surface area contributed by atoms with Gasteiger partial charge in [0.2, 0.25) is 0 Å². The van der Waals surface area contributed by atoms with E-state index in [9.17, 15) is 25.5 Å². The van der Waals surface area contributed by atoms with Gasteiger partial charge in [0, 0.05) is 0 Å². The van der Waals surface area contributed by atoms with Crippen molar-refractivity contribution in [2.45, 2.75) is 73.7 Å². The van der Waals surface area contributed by atoms with E-state index >= 15 is 0 Å². The maximum Gasteiger partial charge on any atom is 0.184 e. The van der Waals surface area contributed by atoms with E-state index < -0.39 is 86.9 Å². The average molecular weight is 412 g/mol. The highest BCUT2D eigenvalue weighted by molar-refractivity contribution is 4.94. The van der Waals surface area contributed by atoms with Gasteiger partial charge < -0.3 is 65.8 Å². The molecule has 3 aliphatic heterocycles. The number of hydrogen-bond donors (Lipinski definition) is 8. The summed E-state index contributed by atoms with van der Waals surface area (Å²) in [7, 11) is 0. The van der Waals surface area contributed by atoms with Gasteiger partial charge >= 0.3 is 0 Å². The summed E-state index contributed by atoms with van der Waals surface area (Å²) in [6, 6.07) is -1.91. The minimum absolute atomic E-state index is 0.240. The van der Waals surface area contributed by atoms with Crippen molar-refractivity contribution in [3.63, 3.8) is 0 Å². The van der Waals surface area contributed by atoms with E-state index in [2.05, 4.69) is 0 Å². The standard InChI is InChI=1S/C15H28N2O11/c16-7-9(20)4(1-18)26-14(7)24-3-6-12(11(22)13(23)25-6)28-15-8(17)10(21)5(2-19)27-15/h4-15,18-23H,1-3,16-17H2/t4-,5-,6-,7+,8+,9-,10-,11+,12-,13+,14+,15-/m1/s1. The smallest absolute Gasteiger partial charge is 0.184 e. The molecular weight excluding hydrogens is 384 g/mol. The van der Waals surface area contributed by atoms with Crippen LogP contribution in [0, 0.1) is 0 Å². The Morgan fingerprint density at radius 3 is 1.79 bits per heavy atom. The number of rotatable bonds is 7. The predicted molar refractivity (Wildman–Crippen MR) is 87.2 cm³/mol. The summed E-state index contributed by atoms with van der Waals surface area (Å²) >= 11 is 0. The Morgan fingerprint density at radius 2 is 1.25 bits per heavy atom. The van der Waals surface area contributed by atoms with Gasteiger partial charge in [0.05, 0.1) is 31.9 Å². The largest absolute Gasteiger partial charge is 0.394 e. The van der Waals surface area contributed by atoms with Crippen LogP contribution in [-0.2, 0) is 23.7 Å². The van der Waals surface area contributed by atoms with Crippen LogP contribution in [0.25, 0.3) is 0 Å². The molecule has 0 aromatic heterocycles. The van der Waals surface area contributed by atoms with Gasteiger partial charge in [-0.15, -0.1) is 0 Å². The fourth-order valence-corrected chi connectivity index (χ4v) is 3.45. The van der Waals surface area contributed by atoms with Crippen molar-refractivity contribution in [2.75, 3.05) is 19.8 Å². The first-order chi connectivity index (χ1) is 13.3. The van der Waals surface area contributed by atoms with Crippen LogP contribution in [0.3, 0.4) is 0 Å². The van der Waals surface area contributed by atoms with E-state index in [-0.39, 0.29) is 6.61 Å². The maximum absolute atomic E-state index is 10.1. The number of aliphatic hydroxyl groups excluding tert-OH is 6. The zero-order valence-corrected chi connectivity index (χ0v) is 14.9. The normalized spacial score (nSPS) is 51.9. The number of hydrogen-bond acceptors (Lipinski definition) is 13. The molecule has 0 aliphatic carbocycles. The molecule has 3 heterocycles. The lowest BCUT2D eigenvalue weighted by Gasteiger charge is -2.27. The Kier molecular flexibility index (Phi) is 7.20. The number of nitrogens with two attached hydrogens (primary N) is 2. The van der Waals surface area contributed by atoms with Crippen molar-refractivity contribution in [2.24, 2.45) is 11.5 Å². The van der Waals surface area contributed by atoms with Gasteiger partial charge in [-0.1, -0.05) is 0 Å². The summed E-state index contributed by atoms with van der Waals surface area (Å²) in [6.45, 7) is -1.15. The molecule has 12 atom stereocenters. The van der Waals surface area contributed by atoms with Crippen LogP contribution in [-0.4, -0.2) is 124 Å². The summed E-state index contributed by atoms with van der Waals surface area (Å²) in [6.07, 6.45) is -11.5. The number of ether oxygens (including phenoxy) is 5. The lowest BCUT2D eigenvalue weighted by molar-refractivity contribution is -0.210. The highest BCUT2D eigenvalue weighted by atomic mass is 16.7. The molecule has 0 amide bonds. The van der Waals surface area contributed by atoms with Crippen LogP contribution in [0.4, 0.5) is 0 Å². The summed E-state index contributed by atoms with van der Waals surface area (Å²) < 4.78 is 26.9. The first-order valence-corrected chi connectivity index (χ1v) is 8.97. The zero-order chi connectivity index (χ0) is 20.6. The van der Waals surface area contributed by atoms with E-state index in [4.69, 9.17) is 40.3 Å². The monoisotopic (exact) mass is 412 g/mol. The summed E-state index contributed by atoms with van der Waals surface area (Å²) in [4.78, 5) is 0. The SMILES string of the molecule is N[C@@H]1[C@@H](OC[C@H]2O[C@H](O)[C@@H](O)[C@@H]2O[C@H]2O[C@H](CO)[C@@H](O)[C@@H]2N)O[C@H](CO)[C@H]1O. The minimum atomic E-state index is -1.57. The molecule has 0 saturated carbocycles. The summed E-state index contributed by atoms with van der Waals surface area (Å²) in [5.41, 5.74) is 11.6. The molecule has 28 heavy (non-hydrogen) atoms. The van der Waals surface area contributed by atoms with Crippen LogP contribution in [0.2, 0.25) is 0 Å². The van der Waals surface area contributed by atoms with Crippen LogP contribution in [0.15, 0.2) is 0 Å². The third kappa shape index (κ3) is 4.17. The molecule has 0 aromatic carbocycles. The first kappa shape index (κ1) is 22.2. The zero-order valence-electron chi connectivity index (χ0n) is 14.9. The Labute approximate surface area is 160 Å². The van der Waals surface area contributed by atoms with Crippen LogP contribution in [0.5, 0.6) is 0 Å². The second kappa shape index (κ2) is 9.09.